The SMILES string of the molecule is CC(C)(C)C1CCC(C(=O)O)N(C(=O)c2cc(-n3ccnc3)ccc2O)C1. The largest absolute Gasteiger partial charge is 0.507 e. The van der Waals surface area contributed by atoms with Gasteiger partial charge in [0.15, 0.2) is 0 Å². The van der Waals surface area contributed by atoms with E-state index < -0.39 is 17.9 Å². The Hall–Kier alpha value is -2.83. The van der Waals surface area contributed by atoms with Crippen molar-refractivity contribution in [3.05, 3.63) is 42.5 Å². The summed E-state index contributed by atoms with van der Waals surface area (Å²) in [5, 5.41) is 19.9. The second-order valence-electron chi connectivity index (χ2n) is 8.12. The van der Waals surface area contributed by atoms with Crippen LogP contribution in [-0.2, 0) is 4.79 Å². The lowest BCUT2D eigenvalue weighted by Crippen LogP contribution is -2.52. The number of phenolic OH excluding ortho intramolecular Hbond substituents is 1. The normalized spacial score (nSPS) is 20.5. The first-order valence-corrected chi connectivity index (χ1v) is 9.03. The molecule has 27 heavy (non-hydrogen) atoms. The Morgan fingerprint density at radius 1 is 1.22 bits per heavy atom. The molecule has 1 aromatic carbocycles. The molecule has 1 aromatic heterocycles. The number of nitrogens with zero attached hydrogens (tertiary/aromatic N) is 3. The Bertz CT molecular complexity index is 839. The van der Waals surface area contributed by atoms with Gasteiger partial charge in [-0.05, 0) is 42.4 Å². The van der Waals surface area contributed by atoms with E-state index >= 15 is 0 Å². The highest BCUT2D eigenvalue weighted by Crippen LogP contribution is 2.36. The number of likely N-dealkylation sites (tertiary alicyclic amines) is 1. The molecule has 7 nitrogen and oxygen atoms in total. The second kappa shape index (κ2) is 7.06. The highest BCUT2D eigenvalue weighted by Gasteiger charge is 2.40. The van der Waals surface area contributed by atoms with Gasteiger partial charge in [0.2, 0.25) is 0 Å². The first kappa shape index (κ1) is 18.9. The molecule has 3 rings (SSSR count). The molecule has 1 saturated heterocycles. The van der Waals surface area contributed by atoms with Crippen molar-refractivity contribution in [2.45, 2.75) is 39.7 Å². The van der Waals surface area contributed by atoms with Crippen molar-refractivity contribution in [2.24, 2.45) is 11.3 Å². The number of hydrogen-bond donors (Lipinski definition) is 2. The number of rotatable bonds is 3. The number of hydrogen-bond acceptors (Lipinski definition) is 4. The van der Waals surface area contributed by atoms with Crippen molar-refractivity contribution in [1.29, 1.82) is 0 Å². The summed E-state index contributed by atoms with van der Waals surface area (Å²) in [7, 11) is 0. The number of carboxylic acid groups (broad SMARTS) is 1. The van der Waals surface area contributed by atoms with E-state index in [1.54, 1.807) is 35.4 Å². The van der Waals surface area contributed by atoms with E-state index in [4.69, 9.17) is 0 Å². The van der Waals surface area contributed by atoms with E-state index in [-0.39, 0.29) is 22.6 Å². The predicted octanol–water partition coefficient (Wildman–Crippen LogP) is 2.93. The molecular formula is C20H25N3O4. The van der Waals surface area contributed by atoms with Crippen LogP contribution in [0.3, 0.4) is 0 Å². The first-order chi connectivity index (χ1) is 12.7. The van der Waals surface area contributed by atoms with Gasteiger partial charge in [0.25, 0.3) is 5.91 Å². The average Bonchev–Trinajstić information content (AvgIpc) is 3.15. The Balaban J connectivity index is 1.96. The van der Waals surface area contributed by atoms with Crippen LogP contribution in [0.4, 0.5) is 0 Å². The molecule has 2 unspecified atom stereocenters. The van der Waals surface area contributed by atoms with Crippen molar-refractivity contribution in [3.8, 4) is 11.4 Å². The smallest absolute Gasteiger partial charge is 0.326 e. The molecule has 0 spiro atoms. The number of aromatic nitrogens is 2. The summed E-state index contributed by atoms with van der Waals surface area (Å²) >= 11 is 0. The van der Waals surface area contributed by atoms with Gasteiger partial charge in [-0.3, -0.25) is 4.79 Å². The highest BCUT2D eigenvalue weighted by molar-refractivity contribution is 5.99. The molecule has 1 aliphatic rings. The Morgan fingerprint density at radius 2 is 1.96 bits per heavy atom. The summed E-state index contributed by atoms with van der Waals surface area (Å²) < 4.78 is 1.72. The van der Waals surface area contributed by atoms with Gasteiger partial charge >= 0.3 is 5.97 Å². The number of carbonyl (C=O) groups is 2. The zero-order valence-electron chi connectivity index (χ0n) is 15.8. The number of aromatic hydroxyl groups is 1. The van der Waals surface area contributed by atoms with Crippen molar-refractivity contribution in [2.75, 3.05) is 6.54 Å². The van der Waals surface area contributed by atoms with Crippen molar-refractivity contribution in [1.82, 2.24) is 14.5 Å². The lowest BCUT2D eigenvalue weighted by Gasteiger charge is -2.42. The standard InChI is InChI=1S/C20H25N3O4/c1-20(2,3)13-4-6-16(19(26)27)23(11-13)18(25)15-10-14(5-7-17(15)24)22-9-8-21-12-22/h5,7-10,12-13,16,24H,4,6,11H2,1-3H3,(H,26,27). The molecule has 144 valence electrons. The minimum absolute atomic E-state index is 0.0390. The number of benzene rings is 1. The second-order valence-corrected chi connectivity index (χ2v) is 8.12. The van der Waals surface area contributed by atoms with E-state index in [0.717, 1.165) is 6.42 Å². The summed E-state index contributed by atoms with van der Waals surface area (Å²) in [5.41, 5.74) is 0.731. The summed E-state index contributed by atoms with van der Waals surface area (Å²) in [5.74, 6) is -1.45. The van der Waals surface area contributed by atoms with Crippen LogP contribution in [0.5, 0.6) is 5.75 Å². The molecule has 2 N–H and O–H groups in total. The Kier molecular flexibility index (Phi) is 4.95. The van der Waals surface area contributed by atoms with Crippen molar-refractivity contribution >= 4 is 11.9 Å². The van der Waals surface area contributed by atoms with Crippen LogP contribution >= 0.6 is 0 Å². The number of amides is 1. The fraction of sp³-hybridized carbons (Fsp3) is 0.450. The zero-order chi connectivity index (χ0) is 19.8. The van der Waals surface area contributed by atoms with Gasteiger partial charge in [0.05, 0.1) is 11.9 Å². The molecule has 1 fully saturated rings. The molecule has 0 saturated carbocycles. The van der Waals surface area contributed by atoms with E-state index in [1.807, 2.05) is 0 Å². The maximum absolute atomic E-state index is 13.2. The number of carbonyl (C=O) groups excluding carboxylic acids is 1. The summed E-state index contributed by atoms with van der Waals surface area (Å²) in [6, 6.07) is 3.81. The third-order valence-electron chi connectivity index (χ3n) is 5.37. The van der Waals surface area contributed by atoms with Gasteiger partial charge in [-0.25, -0.2) is 9.78 Å². The van der Waals surface area contributed by atoms with Crippen LogP contribution in [0, 0.1) is 11.3 Å². The Labute approximate surface area is 158 Å². The van der Waals surface area contributed by atoms with E-state index in [9.17, 15) is 19.8 Å². The molecule has 2 heterocycles. The summed E-state index contributed by atoms with van der Waals surface area (Å²) in [6.45, 7) is 6.64. The van der Waals surface area contributed by atoms with Gasteiger partial charge in [0, 0.05) is 24.6 Å². The number of imidazole rings is 1. The molecule has 2 atom stereocenters. The lowest BCUT2D eigenvalue weighted by atomic mass is 9.74. The summed E-state index contributed by atoms with van der Waals surface area (Å²) in [4.78, 5) is 30.3. The summed E-state index contributed by atoms with van der Waals surface area (Å²) in [6.07, 6.45) is 6.11. The third-order valence-corrected chi connectivity index (χ3v) is 5.37. The molecule has 2 aromatic rings. The minimum atomic E-state index is -1.01. The molecule has 0 radical (unpaired) electrons. The fourth-order valence-electron chi connectivity index (χ4n) is 3.58. The maximum atomic E-state index is 13.2. The monoisotopic (exact) mass is 371 g/mol. The average molecular weight is 371 g/mol. The molecule has 1 amide bonds. The molecular weight excluding hydrogens is 346 g/mol. The molecule has 1 aliphatic heterocycles. The minimum Gasteiger partial charge on any atom is -0.507 e. The maximum Gasteiger partial charge on any atom is 0.326 e. The van der Waals surface area contributed by atoms with Crippen LogP contribution in [0.1, 0.15) is 44.0 Å². The predicted molar refractivity (Wildman–Crippen MR) is 99.9 cm³/mol. The van der Waals surface area contributed by atoms with E-state index in [0.29, 0.717) is 18.7 Å². The first-order valence-electron chi connectivity index (χ1n) is 9.03. The number of piperidine rings is 1. The number of phenols is 1. The molecule has 0 aliphatic carbocycles. The van der Waals surface area contributed by atoms with E-state index in [1.165, 1.54) is 11.0 Å². The van der Waals surface area contributed by atoms with Crippen molar-refractivity contribution < 1.29 is 19.8 Å². The van der Waals surface area contributed by atoms with Crippen LogP contribution in [0.25, 0.3) is 5.69 Å². The number of aliphatic carboxylic acids is 1. The molecule has 7 heteroatoms. The van der Waals surface area contributed by atoms with E-state index in [2.05, 4.69) is 25.8 Å². The van der Waals surface area contributed by atoms with Gasteiger partial charge < -0.3 is 19.7 Å². The highest BCUT2D eigenvalue weighted by atomic mass is 16.4. The van der Waals surface area contributed by atoms with Crippen LogP contribution < -0.4 is 0 Å². The topological polar surface area (TPSA) is 95.7 Å². The lowest BCUT2D eigenvalue weighted by molar-refractivity contribution is -0.144. The van der Waals surface area contributed by atoms with Crippen LogP contribution in [0.15, 0.2) is 36.9 Å². The number of carboxylic acids is 1. The quantitative estimate of drug-likeness (QED) is 0.865. The van der Waals surface area contributed by atoms with Gasteiger partial charge in [-0.2, -0.15) is 0 Å². The van der Waals surface area contributed by atoms with Crippen LogP contribution in [0.2, 0.25) is 0 Å². The Morgan fingerprint density at radius 3 is 2.56 bits per heavy atom. The van der Waals surface area contributed by atoms with Gasteiger partial charge in [-0.15, -0.1) is 0 Å². The zero-order valence-corrected chi connectivity index (χ0v) is 15.8. The third kappa shape index (κ3) is 3.82. The fourth-order valence-corrected chi connectivity index (χ4v) is 3.58. The van der Waals surface area contributed by atoms with Crippen molar-refractivity contribution in [3.63, 3.8) is 0 Å². The molecule has 0 bridgehead atoms. The van der Waals surface area contributed by atoms with Gasteiger partial charge in [0.1, 0.15) is 11.8 Å². The van der Waals surface area contributed by atoms with Crippen LogP contribution in [-0.4, -0.2) is 49.1 Å². The van der Waals surface area contributed by atoms with Gasteiger partial charge in [-0.1, -0.05) is 20.8 Å².